The van der Waals surface area contributed by atoms with E-state index in [1.807, 2.05) is 24.3 Å². The van der Waals surface area contributed by atoms with Crippen LogP contribution >= 0.6 is 15.9 Å². The summed E-state index contributed by atoms with van der Waals surface area (Å²) in [6.45, 7) is 0. The van der Waals surface area contributed by atoms with E-state index in [4.69, 9.17) is 0 Å². The Hall–Kier alpha value is -0.870. The summed E-state index contributed by atoms with van der Waals surface area (Å²) in [5.74, 6) is 0.875. The predicted molar refractivity (Wildman–Crippen MR) is 65.9 cm³/mol. The van der Waals surface area contributed by atoms with Gasteiger partial charge >= 0.3 is 0 Å². The molecule has 1 aliphatic heterocycles. The van der Waals surface area contributed by atoms with Crippen LogP contribution < -0.4 is 10.4 Å². The summed E-state index contributed by atoms with van der Waals surface area (Å²) >= 11 is 3.47. The molecule has 4 heteroatoms. The number of anilines is 1. The highest BCUT2D eigenvalue weighted by Crippen LogP contribution is 2.38. The molecule has 1 amide bonds. The molecule has 2 fully saturated rings. The van der Waals surface area contributed by atoms with Gasteiger partial charge in [-0.3, -0.25) is 4.79 Å². The van der Waals surface area contributed by atoms with Crippen molar-refractivity contribution in [3.8, 4) is 0 Å². The molecule has 1 N–H and O–H groups in total. The molecule has 0 radical (unpaired) electrons. The zero-order valence-electron chi connectivity index (χ0n) is 8.82. The molecule has 1 atom stereocenters. The largest absolute Gasteiger partial charge is 0.273 e. The van der Waals surface area contributed by atoms with Gasteiger partial charge in [-0.1, -0.05) is 12.1 Å². The molecule has 3 nitrogen and oxygen atoms in total. The SMILES string of the molecule is O=C1CC(C2CC2)NN1c1ccccc1Br. The van der Waals surface area contributed by atoms with Crippen LogP contribution in [0.2, 0.25) is 0 Å². The Labute approximate surface area is 103 Å². The lowest BCUT2D eigenvalue weighted by atomic mass is 10.1. The fourth-order valence-electron chi connectivity index (χ4n) is 2.17. The number of amides is 1. The van der Waals surface area contributed by atoms with Crippen LogP contribution in [0.5, 0.6) is 0 Å². The maximum Gasteiger partial charge on any atom is 0.243 e. The Bertz CT molecular complexity index is 431. The van der Waals surface area contributed by atoms with E-state index in [1.54, 1.807) is 5.01 Å². The fraction of sp³-hybridized carbons (Fsp3) is 0.417. The quantitative estimate of drug-likeness (QED) is 0.903. The van der Waals surface area contributed by atoms with Crippen LogP contribution in [-0.4, -0.2) is 11.9 Å². The Morgan fingerprint density at radius 1 is 1.31 bits per heavy atom. The summed E-state index contributed by atoms with van der Waals surface area (Å²) in [5, 5.41) is 1.69. The van der Waals surface area contributed by atoms with Crippen molar-refractivity contribution in [1.82, 2.24) is 5.43 Å². The minimum Gasteiger partial charge on any atom is -0.273 e. The van der Waals surface area contributed by atoms with E-state index < -0.39 is 0 Å². The van der Waals surface area contributed by atoms with Crippen molar-refractivity contribution < 1.29 is 4.79 Å². The molecular weight excluding hydrogens is 268 g/mol. The van der Waals surface area contributed by atoms with Crippen LogP contribution in [0.4, 0.5) is 5.69 Å². The molecule has 1 heterocycles. The Morgan fingerprint density at radius 3 is 2.75 bits per heavy atom. The van der Waals surface area contributed by atoms with Crippen molar-refractivity contribution in [3.63, 3.8) is 0 Å². The topological polar surface area (TPSA) is 32.3 Å². The molecule has 1 aromatic rings. The molecular formula is C12H13BrN2O. The third kappa shape index (κ3) is 1.76. The van der Waals surface area contributed by atoms with Gasteiger partial charge in [0, 0.05) is 16.9 Å². The number of hydrogen-bond acceptors (Lipinski definition) is 2. The summed E-state index contributed by atoms with van der Waals surface area (Å²) in [5.41, 5.74) is 4.23. The van der Waals surface area contributed by atoms with E-state index in [0.29, 0.717) is 18.4 Å². The first-order valence-electron chi connectivity index (χ1n) is 5.59. The van der Waals surface area contributed by atoms with E-state index >= 15 is 0 Å². The number of hydrogen-bond donors (Lipinski definition) is 1. The van der Waals surface area contributed by atoms with E-state index in [9.17, 15) is 4.79 Å². The van der Waals surface area contributed by atoms with Gasteiger partial charge in [0.25, 0.3) is 0 Å². The average Bonchev–Trinajstić information content (AvgIpc) is 3.04. The lowest BCUT2D eigenvalue weighted by molar-refractivity contribution is -0.117. The van der Waals surface area contributed by atoms with Crippen LogP contribution in [0.1, 0.15) is 19.3 Å². The Kier molecular flexibility index (Phi) is 2.48. The van der Waals surface area contributed by atoms with Crippen molar-refractivity contribution >= 4 is 27.5 Å². The Balaban J connectivity index is 1.85. The van der Waals surface area contributed by atoms with Crippen molar-refractivity contribution in [2.45, 2.75) is 25.3 Å². The smallest absolute Gasteiger partial charge is 0.243 e. The maximum atomic E-state index is 11.9. The van der Waals surface area contributed by atoms with Gasteiger partial charge in [-0.25, -0.2) is 10.4 Å². The van der Waals surface area contributed by atoms with Crippen LogP contribution in [-0.2, 0) is 4.79 Å². The summed E-state index contributed by atoms with van der Waals surface area (Å²) in [6, 6.07) is 8.14. The number of para-hydroxylation sites is 1. The molecule has 1 saturated carbocycles. The number of rotatable bonds is 2. The van der Waals surface area contributed by atoms with Gasteiger partial charge in [-0.05, 0) is 46.8 Å². The van der Waals surface area contributed by atoms with Gasteiger partial charge in [0.1, 0.15) is 0 Å². The van der Waals surface area contributed by atoms with Crippen LogP contribution in [0.3, 0.4) is 0 Å². The normalized spacial score (nSPS) is 25.2. The zero-order valence-corrected chi connectivity index (χ0v) is 10.4. The molecule has 0 aromatic heterocycles. The van der Waals surface area contributed by atoms with Gasteiger partial charge in [0.15, 0.2) is 0 Å². The molecule has 0 spiro atoms. The van der Waals surface area contributed by atoms with Crippen molar-refractivity contribution in [1.29, 1.82) is 0 Å². The van der Waals surface area contributed by atoms with E-state index in [2.05, 4.69) is 21.4 Å². The fourth-order valence-corrected chi connectivity index (χ4v) is 2.63. The van der Waals surface area contributed by atoms with Gasteiger partial charge in [0.05, 0.1) is 5.69 Å². The molecule has 1 aromatic carbocycles. The van der Waals surface area contributed by atoms with Gasteiger partial charge < -0.3 is 0 Å². The monoisotopic (exact) mass is 280 g/mol. The highest BCUT2D eigenvalue weighted by Gasteiger charge is 2.40. The first-order chi connectivity index (χ1) is 7.75. The number of carbonyl (C=O) groups is 1. The lowest BCUT2D eigenvalue weighted by Crippen LogP contribution is -2.38. The highest BCUT2D eigenvalue weighted by atomic mass is 79.9. The van der Waals surface area contributed by atoms with Gasteiger partial charge in [-0.2, -0.15) is 0 Å². The number of nitrogens with zero attached hydrogens (tertiary/aromatic N) is 1. The van der Waals surface area contributed by atoms with Gasteiger partial charge in [-0.15, -0.1) is 0 Å². The minimum atomic E-state index is 0.170. The van der Waals surface area contributed by atoms with Crippen LogP contribution in [0, 0.1) is 5.92 Å². The third-order valence-corrected chi connectivity index (χ3v) is 3.89. The first kappa shape index (κ1) is 10.3. The molecule has 3 rings (SSSR count). The molecule has 84 valence electrons. The molecule has 1 saturated heterocycles. The predicted octanol–water partition coefficient (Wildman–Crippen LogP) is 2.47. The Morgan fingerprint density at radius 2 is 2.06 bits per heavy atom. The molecule has 0 bridgehead atoms. The van der Waals surface area contributed by atoms with Crippen molar-refractivity contribution in [3.05, 3.63) is 28.7 Å². The van der Waals surface area contributed by atoms with E-state index in [1.165, 1.54) is 12.8 Å². The molecule has 1 unspecified atom stereocenters. The van der Waals surface area contributed by atoms with E-state index in [0.717, 1.165) is 10.2 Å². The summed E-state index contributed by atoms with van der Waals surface area (Å²) in [4.78, 5) is 11.9. The third-order valence-electron chi connectivity index (χ3n) is 3.22. The standard InChI is InChI=1S/C12H13BrN2O/c13-9-3-1-2-4-11(9)15-12(16)7-10(14-15)8-5-6-8/h1-4,8,10,14H,5-7H2. The summed E-state index contributed by atoms with van der Waals surface area (Å²) in [7, 11) is 0. The second-order valence-electron chi connectivity index (χ2n) is 4.46. The summed E-state index contributed by atoms with van der Waals surface area (Å²) < 4.78 is 0.951. The summed E-state index contributed by atoms with van der Waals surface area (Å²) in [6.07, 6.45) is 3.15. The number of hydrazine groups is 1. The van der Waals surface area contributed by atoms with Crippen molar-refractivity contribution in [2.24, 2.45) is 5.92 Å². The van der Waals surface area contributed by atoms with Gasteiger partial charge in [0.2, 0.25) is 5.91 Å². The molecule has 1 aliphatic carbocycles. The van der Waals surface area contributed by atoms with Crippen molar-refractivity contribution in [2.75, 3.05) is 5.01 Å². The number of benzene rings is 1. The van der Waals surface area contributed by atoms with Crippen LogP contribution in [0.15, 0.2) is 28.7 Å². The first-order valence-corrected chi connectivity index (χ1v) is 6.38. The lowest BCUT2D eigenvalue weighted by Gasteiger charge is -2.19. The van der Waals surface area contributed by atoms with Crippen LogP contribution in [0.25, 0.3) is 0 Å². The zero-order chi connectivity index (χ0) is 11.1. The molecule has 16 heavy (non-hydrogen) atoms. The maximum absolute atomic E-state index is 11.9. The molecule has 2 aliphatic rings. The van der Waals surface area contributed by atoms with E-state index in [-0.39, 0.29) is 5.91 Å². The number of nitrogens with one attached hydrogen (secondary N) is 1. The second kappa shape index (κ2) is 3.86. The minimum absolute atomic E-state index is 0.170. The highest BCUT2D eigenvalue weighted by molar-refractivity contribution is 9.10. The average molecular weight is 281 g/mol. The second-order valence-corrected chi connectivity index (χ2v) is 5.31. The number of halogens is 1. The number of carbonyl (C=O) groups excluding carboxylic acids is 1.